The quantitative estimate of drug-likeness (QED) is 0.747. The fraction of sp³-hybridized carbons (Fsp3) is 0.385. The highest BCUT2D eigenvalue weighted by Gasteiger charge is 2.27. The zero-order chi connectivity index (χ0) is 12.7. The molecule has 0 saturated heterocycles. The number of nitrogens with zero attached hydrogens (tertiary/aromatic N) is 3. The average molecular weight is 280 g/mol. The molecule has 0 spiro atoms. The molecule has 0 bridgehead atoms. The van der Waals surface area contributed by atoms with Gasteiger partial charge in [0.15, 0.2) is 0 Å². The van der Waals surface area contributed by atoms with Crippen LogP contribution >= 0.6 is 22.9 Å². The number of halogens is 1. The molecule has 2 aromatic heterocycles. The lowest BCUT2D eigenvalue weighted by molar-refractivity contribution is 0.622. The molecule has 1 unspecified atom stereocenters. The van der Waals surface area contributed by atoms with Crippen molar-refractivity contribution in [1.82, 2.24) is 9.97 Å². The molecule has 0 aliphatic carbocycles. The predicted octanol–water partition coefficient (Wildman–Crippen LogP) is 3.62. The van der Waals surface area contributed by atoms with Crippen molar-refractivity contribution in [2.75, 3.05) is 11.4 Å². The van der Waals surface area contributed by atoms with E-state index in [0.29, 0.717) is 11.2 Å². The van der Waals surface area contributed by atoms with E-state index in [0.717, 1.165) is 24.3 Å². The fourth-order valence-electron chi connectivity index (χ4n) is 2.51. The molecule has 2 aromatic rings. The third-order valence-corrected chi connectivity index (χ3v) is 4.92. The van der Waals surface area contributed by atoms with Crippen molar-refractivity contribution in [2.24, 2.45) is 0 Å². The maximum atomic E-state index is 6.08. The molecule has 18 heavy (non-hydrogen) atoms. The molecule has 94 valence electrons. The van der Waals surface area contributed by atoms with Gasteiger partial charge in [-0.25, -0.2) is 9.97 Å². The lowest BCUT2D eigenvalue weighted by atomic mass is 10.0. The van der Waals surface area contributed by atoms with Crippen LogP contribution in [0.3, 0.4) is 0 Å². The molecule has 1 aliphatic heterocycles. The van der Waals surface area contributed by atoms with Crippen molar-refractivity contribution in [3.8, 4) is 0 Å². The summed E-state index contributed by atoms with van der Waals surface area (Å²) >= 11 is 7.93. The van der Waals surface area contributed by atoms with Gasteiger partial charge in [-0.1, -0.05) is 11.6 Å². The van der Waals surface area contributed by atoms with Gasteiger partial charge in [0.05, 0.1) is 6.04 Å². The number of anilines is 1. The molecular formula is C13H14ClN3S. The zero-order valence-electron chi connectivity index (χ0n) is 10.4. The van der Waals surface area contributed by atoms with E-state index in [1.807, 2.05) is 18.3 Å². The van der Waals surface area contributed by atoms with E-state index in [1.54, 1.807) is 6.33 Å². The molecule has 3 nitrogen and oxygen atoms in total. The summed E-state index contributed by atoms with van der Waals surface area (Å²) in [5.41, 5.74) is 2.38. The standard InChI is InChI=1S/C13H14ClN3S/c1-8-12(14)15-7-16-13(8)17-5-3-11-10(9(17)2)4-6-18-11/h4,6-7,9H,3,5H2,1-2H3. The highest BCUT2D eigenvalue weighted by molar-refractivity contribution is 7.10. The van der Waals surface area contributed by atoms with E-state index < -0.39 is 0 Å². The van der Waals surface area contributed by atoms with Crippen LogP contribution in [-0.4, -0.2) is 16.5 Å². The number of rotatable bonds is 1. The van der Waals surface area contributed by atoms with Crippen LogP contribution in [0.1, 0.15) is 29.0 Å². The molecule has 3 rings (SSSR count). The first kappa shape index (κ1) is 11.9. The van der Waals surface area contributed by atoms with E-state index in [-0.39, 0.29) is 0 Å². The lowest BCUT2D eigenvalue weighted by Crippen LogP contribution is -2.34. The van der Waals surface area contributed by atoms with E-state index in [4.69, 9.17) is 11.6 Å². The van der Waals surface area contributed by atoms with Gasteiger partial charge in [0.1, 0.15) is 17.3 Å². The van der Waals surface area contributed by atoms with Gasteiger partial charge >= 0.3 is 0 Å². The number of aromatic nitrogens is 2. The minimum atomic E-state index is 0.352. The van der Waals surface area contributed by atoms with Crippen molar-refractivity contribution < 1.29 is 0 Å². The van der Waals surface area contributed by atoms with Gasteiger partial charge in [-0.2, -0.15) is 0 Å². The summed E-state index contributed by atoms with van der Waals surface area (Å²) in [6.45, 7) is 5.19. The Balaban J connectivity index is 2.02. The molecule has 0 aromatic carbocycles. The summed E-state index contributed by atoms with van der Waals surface area (Å²) in [5, 5.41) is 2.72. The number of thiophene rings is 1. The van der Waals surface area contributed by atoms with Crippen molar-refractivity contribution in [1.29, 1.82) is 0 Å². The molecule has 0 N–H and O–H groups in total. The van der Waals surface area contributed by atoms with Gasteiger partial charge in [-0.3, -0.25) is 0 Å². The smallest absolute Gasteiger partial charge is 0.137 e. The Morgan fingerprint density at radius 1 is 1.44 bits per heavy atom. The van der Waals surface area contributed by atoms with Crippen molar-refractivity contribution in [3.63, 3.8) is 0 Å². The van der Waals surface area contributed by atoms with Crippen molar-refractivity contribution in [2.45, 2.75) is 26.3 Å². The van der Waals surface area contributed by atoms with E-state index >= 15 is 0 Å². The Hall–Kier alpha value is -1.13. The number of fused-ring (bicyclic) bond motifs is 1. The van der Waals surface area contributed by atoms with Crippen LogP contribution in [0.5, 0.6) is 0 Å². The maximum Gasteiger partial charge on any atom is 0.137 e. The predicted molar refractivity (Wildman–Crippen MR) is 75.6 cm³/mol. The van der Waals surface area contributed by atoms with Crippen LogP contribution in [0, 0.1) is 6.92 Å². The van der Waals surface area contributed by atoms with Gasteiger partial charge < -0.3 is 4.90 Å². The summed E-state index contributed by atoms with van der Waals surface area (Å²) in [6.07, 6.45) is 2.62. The van der Waals surface area contributed by atoms with Crippen LogP contribution in [-0.2, 0) is 6.42 Å². The van der Waals surface area contributed by atoms with E-state index in [2.05, 4.69) is 33.2 Å². The Bertz CT molecular complexity index is 581. The molecule has 0 amide bonds. The monoisotopic (exact) mass is 279 g/mol. The molecule has 1 atom stereocenters. The van der Waals surface area contributed by atoms with Gasteiger partial charge in [0.25, 0.3) is 0 Å². The minimum Gasteiger partial charge on any atom is -0.349 e. The SMILES string of the molecule is Cc1c(Cl)ncnc1N1CCc2sccc2C1C. The highest BCUT2D eigenvalue weighted by Crippen LogP contribution is 2.36. The largest absolute Gasteiger partial charge is 0.349 e. The molecule has 0 radical (unpaired) electrons. The topological polar surface area (TPSA) is 29.0 Å². The van der Waals surface area contributed by atoms with E-state index in [1.165, 1.54) is 10.4 Å². The van der Waals surface area contributed by atoms with Crippen LogP contribution in [0.25, 0.3) is 0 Å². The Morgan fingerprint density at radius 3 is 3.11 bits per heavy atom. The molecule has 0 fully saturated rings. The van der Waals surface area contributed by atoms with Gasteiger partial charge in [0, 0.05) is 17.0 Å². The minimum absolute atomic E-state index is 0.352. The third-order valence-electron chi connectivity index (χ3n) is 3.55. The molecule has 5 heteroatoms. The number of hydrogen-bond donors (Lipinski definition) is 0. The van der Waals surface area contributed by atoms with Crippen LogP contribution in [0.4, 0.5) is 5.82 Å². The third kappa shape index (κ3) is 1.80. The normalized spacial score (nSPS) is 18.8. The molecular weight excluding hydrogens is 266 g/mol. The molecule has 0 saturated carbocycles. The van der Waals surface area contributed by atoms with Crippen LogP contribution in [0.15, 0.2) is 17.8 Å². The van der Waals surface area contributed by atoms with Crippen molar-refractivity contribution in [3.05, 3.63) is 38.9 Å². The first-order chi connectivity index (χ1) is 8.68. The first-order valence-electron chi connectivity index (χ1n) is 5.98. The second-order valence-electron chi connectivity index (χ2n) is 4.53. The number of hydrogen-bond acceptors (Lipinski definition) is 4. The van der Waals surface area contributed by atoms with Gasteiger partial charge in [-0.15, -0.1) is 11.3 Å². The Labute approximate surface area is 115 Å². The highest BCUT2D eigenvalue weighted by atomic mass is 35.5. The van der Waals surface area contributed by atoms with Crippen molar-refractivity contribution >= 4 is 28.8 Å². The average Bonchev–Trinajstić information content (AvgIpc) is 2.83. The first-order valence-corrected chi connectivity index (χ1v) is 7.24. The van der Waals surface area contributed by atoms with E-state index in [9.17, 15) is 0 Å². The molecule has 1 aliphatic rings. The van der Waals surface area contributed by atoms with Gasteiger partial charge in [0.2, 0.25) is 0 Å². The summed E-state index contributed by atoms with van der Waals surface area (Å²) < 4.78 is 0. The summed E-state index contributed by atoms with van der Waals surface area (Å²) in [6, 6.07) is 2.57. The summed E-state index contributed by atoms with van der Waals surface area (Å²) in [7, 11) is 0. The Kier molecular flexibility index (Phi) is 2.99. The second-order valence-corrected chi connectivity index (χ2v) is 5.89. The van der Waals surface area contributed by atoms with Crippen LogP contribution in [0.2, 0.25) is 5.15 Å². The summed E-state index contributed by atoms with van der Waals surface area (Å²) in [4.78, 5) is 12.2. The molecule has 3 heterocycles. The second kappa shape index (κ2) is 4.52. The Morgan fingerprint density at radius 2 is 2.28 bits per heavy atom. The fourth-order valence-corrected chi connectivity index (χ4v) is 3.60. The summed E-state index contributed by atoms with van der Waals surface area (Å²) in [5.74, 6) is 0.958. The van der Waals surface area contributed by atoms with Crippen LogP contribution < -0.4 is 4.90 Å². The zero-order valence-corrected chi connectivity index (χ0v) is 11.9. The lowest BCUT2D eigenvalue weighted by Gasteiger charge is -2.35. The van der Waals surface area contributed by atoms with Gasteiger partial charge in [-0.05, 0) is 37.3 Å². The maximum absolute atomic E-state index is 6.08.